The topological polar surface area (TPSA) is 17.1 Å². The Kier molecular flexibility index (Phi) is 3.10. The van der Waals surface area contributed by atoms with Crippen LogP contribution in [0.3, 0.4) is 0 Å². The molecule has 0 aromatic carbocycles. The molecule has 0 amide bonds. The fourth-order valence-corrected chi connectivity index (χ4v) is 1.89. The molecule has 0 radical (unpaired) electrons. The Bertz CT molecular complexity index is 140. The maximum Gasteiger partial charge on any atom is 0.135 e. The molecule has 0 spiro atoms. The molecule has 2 unspecified atom stereocenters. The maximum atomic E-state index is 11.3. The van der Waals surface area contributed by atoms with Crippen LogP contribution >= 0.6 is 0 Å². The highest BCUT2D eigenvalue weighted by atomic mass is 16.1. The van der Waals surface area contributed by atoms with Gasteiger partial charge in [0.2, 0.25) is 0 Å². The first-order valence-corrected chi connectivity index (χ1v) is 4.76. The van der Waals surface area contributed by atoms with E-state index < -0.39 is 0 Å². The fourth-order valence-electron chi connectivity index (χ4n) is 1.89. The molecular weight excluding hydrogens is 136 g/mol. The number of hydrogen-bond donors (Lipinski definition) is 0. The van der Waals surface area contributed by atoms with Crippen molar-refractivity contribution in [1.29, 1.82) is 0 Å². The van der Waals surface area contributed by atoms with Crippen LogP contribution in [-0.2, 0) is 4.79 Å². The minimum atomic E-state index is 0.350. The van der Waals surface area contributed by atoms with Gasteiger partial charge in [0, 0.05) is 12.3 Å². The molecule has 2 atom stereocenters. The summed E-state index contributed by atoms with van der Waals surface area (Å²) in [6.07, 6.45) is 5.74. The van der Waals surface area contributed by atoms with Crippen molar-refractivity contribution < 1.29 is 4.79 Å². The van der Waals surface area contributed by atoms with Crippen molar-refractivity contribution in [1.82, 2.24) is 0 Å². The second kappa shape index (κ2) is 3.89. The van der Waals surface area contributed by atoms with Gasteiger partial charge in [0.1, 0.15) is 5.78 Å². The number of ketones is 1. The second-order valence-corrected chi connectivity index (χ2v) is 3.80. The third-order valence-corrected chi connectivity index (χ3v) is 2.74. The highest BCUT2D eigenvalue weighted by molar-refractivity contribution is 5.81. The normalized spacial score (nSPS) is 32.4. The highest BCUT2D eigenvalue weighted by Crippen LogP contribution is 2.28. The van der Waals surface area contributed by atoms with E-state index >= 15 is 0 Å². The van der Waals surface area contributed by atoms with E-state index in [-0.39, 0.29) is 0 Å². The van der Waals surface area contributed by atoms with E-state index in [2.05, 4.69) is 13.8 Å². The third-order valence-electron chi connectivity index (χ3n) is 2.74. The summed E-state index contributed by atoms with van der Waals surface area (Å²) in [5.74, 6) is 1.56. The van der Waals surface area contributed by atoms with Gasteiger partial charge in [0.05, 0.1) is 0 Å². The van der Waals surface area contributed by atoms with E-state index in [1.807, 2.05) is 0 Å². The van der Waals surface area contributed by atoms with Crippen LogP contribution < -0.4 is 0 Å². The highest BCUT2D eigenvalue weighted by Gasteiger charge is 2.24. The van der Waals surface area contributed by atoms with Gasteiger partial charge in [-0.2, -0.15) is 0 Å². The van der Waals surface area contributed by atoms with Crippen molar-refractivity contribution in [2.75, 3.05) is 0 Å². The molecule has 0 aliphatic heterocycles. The van der Waals surface area contributed by atoms with E-state index in [9.17, 15) is 4.79 Å². The van der Waals surface area contributed by atoms with Gasteiger partial charge in [-0.05, 0) is 18.8 Å². The van der Waals surface area contributed by atoms with Gasteiger partial charge < -0.3 is 0 Å². The van der Waals surface area contributed by atoms with Crippen molar-refractivity contribution in [3.8, 4) is 0 Å². The summed E-state index contributed by atoms with van der Waals surface area (Å²) in [7, 11) is 0. The summed E-state index contributed by atoms with van der Waals surface area (Å²) in [6.45, 7) is 4.26. The first-order chi connectivity index (χ1) is 5.24. The molecule has 1 saturated carbocycles. The number of Topliss-reactive ketones (excluding diaryl/α,β-unsaturated/α-hetero) is 1. The largest absolute Gasteiger partial charge is 0.299 e. The lowest BCUT2D eigenvalue weighted by atomic mass is 9.80. The molecular formula is C10H18O. The van der Waals surface area contributed by atoms with Crippen LogP contribution in [-0.4, -0.2) is 5.78 Å². The second-order valence-electron chi connectivity index (χ2n) is 3.80. The molecule has 0 saturated heterocycles. The van der Waals surface area contributed by atoms with Gasteiger partial charge in [-0.3, -0.25) is 4.79 Å². The molecule has 1 aliphatic rings. The quantitative estimate of drug-likeness (QED) is 0.597. The van der Waals surface area contributed by atoms with E-state index in [1.165, 1.54) is 19.3 Å². The molecule has 1 nitrogen and oxygen atoms in total. The molecule has 1 aliphatic carbocycles. The molecule has 1 heteroatoms. The van der Waals surface area contributed by atoms with Crippen LogP contribution in [0.25, 0.3) is 0 Å². The van der Waals surface area contributed by atoms with E-state index in [1.54, 1.807) is 0 Å². The SMILES string of the molecule is CCCC1CCC(C)C(=O)C1. The minimum Gasteiger partial charge on any atom is -0.299 e. The Morgan fingerprint density at radius 1 is 1.45 bits per heavy atom. The molecule has 0 N–H and O–H groups in total. The van der Waals surface area contributed by atoms with Crippen LogP contribution in [0, 0.1) is 11.8 Å². The van der Waals surface area contributed by atoms with Crippen molar-refractivity contribution >= 4 is 5.78 Å². The Balaban J connectivity index is 2.34. The predicted molar refractivity (Wildman–Crippen MR) is 46.4 cm³/mol. The molecule has 11 heavy (non-hydrogen) atoms. The molecule has 0 aromatic heterocycles. The van der Waals surface area contributed by atoms with E-state index in [0.717, 1.165) is 12.8 Å². The van der Waals surface area contributed by atoms with Gasteiger partial charge in [-0.25, -0.2) is 0 Å². The Labute approximate surface area is 69.2 Å². The van der Waals surface area contributed by atoms with Crippen molar-refractivity contribution in [3.63, 3.8) is 0 Å². The van der Waals surface area contributed by atoms with E-state index in [4.69, 9.17) is 0 Å². The zero-order valence-corrected chi connectivity index (χ0v) is 7.60. The molecule has 0 heterocycles. The predicted octanol–water partition coefficient (Wildman–Crippen LogP) is 2.79. The molecule has 64 valence electrons. The summed E-state index contributed by atoms with van der Waals surface area (Å²) in [5.41, 5.74) is 0. The summed E-state index contributed by atoms with van der Waals surface area (Å²) in [6, 6.07) is 0. The molecule has 1 rings (SSSR count). The van der Waals surface area contributed by atoms with Crippen molar-refractivity contribution in [2.45, 2.75) is 46.0 Å². The summed E-state index contributed by atoms with van der Waals surface area (Å²) in [5, 5.41) is 0. The van der Waals surface area contributed by atoms with Crippen LogP contribution in [0.4, 0.5) is 0 Å². The van der Waals surface area contributed by atoms with Gasteiger partial charge in [0.25, 0.3) is 0 Å². The first-order valence-electron chi connectivity index (χ1n) is 4.76. The molecule has 0 bridgehead atoms. The van der Waals surface area contributed by atoms with Crippen molar-refractivity contribution in [3.05, 3.63) is 0 Å². The van der Waals surface area contributed by atoms with Gasteiger partial charge in [-0.15, -0.1) is 0 Å². The Morgan fingerprint density at radius 2 is 2.18 bits per heavy atom. The number of carbonyl (C=O) groups is 1. The lowest BCUT2D eigenvalue weighted by Gasteiger charge is -2.24. The number of hydrogen-bond acceptors (Lipinski definition) is 1. The standard InChI is InChI=1S/C10H18O/c1-3-4-9-6-5-8(2)10(11)7-9/h8-9H,3-7H2,1-2H3. The number of carbonyl (C=O) groups excluding carboxylic acids is 1. The average molecular weight is 154 g/mol. The van der Waals surface area contributed by atoms with Crippen LogP contribution in [0.5, 0.6) is 0 Å². The lowest BCUT2D eigenvalue weighted by molar-refractivity contribution is -0.125. The van der Waals surface area contributed by atoms with Gasteiger partial charge in [-0.1, -0.05) is 26.7 Å². The molecule has 1 fully saturated rings. The van der Waals surface area contributed by atoms with Gasteiger partial charge >= 0.3 is 0 Å². The summed E-state index contributed by atoms with van der Waals surface area (Å²) < 4.78 is 0. The Hall–Kier alpha value is -0.330. The zero-order chi connectivity index (χ0) is 8.27. The fraction of sp³-hybridized carbons (Fsp3) is 0.900. The van der Waals surface area contributed by atoms with Crippen LogP contribution in [0.15, 0.2) is 0 Å². The number of rotatable bonds is 2. The zero-order valence-electron chi connectivity index (χ0n) is 7.60. The monoisotopic (exact) mass is 154 g/mol. The third kappa shape index (κ3) is 2.32. The van der Waals surface area contributed by atoms with E-state index in [0.29, 0.717) is 17.6 Å². The van der Waals surface area contributed by atoms with Crippen molar-refractivity contribution in [2.24, 2.45) is 11.8 Å². The smallest absolute Gasteiger partial charge is 0.135 e. The molecule has 0 aromatic rings. The Morgan fingerprint density at radius 3 is 2.73 bits per heavy atom. The van der Waals surface area contributed by atoms with Crippen LogP contribution in [0.2, 0.25) is 0 Å². The first kappa shape index (κ1) is 8.76. The lowest BCUT2D eigenvalue weighted by Crippen LogP contribution is -2.22. The minimum absolute atomic E-state index is 0.350. The summed E-state index contributed by atoms with van der Waals surface area (Å²) in [4.78, 5) is 11.3. The van der Waals surface area contributed by atoms with Gasteiger partial charge in [0.15, 0.2) is 0 Å². The van der Waals surface area contributed by atoms with Crippen LogP contribution in [0.1, 0.15) is 46.0 Å². The maximum absolute atomic E-state index is 11.3. The average Bonchev–Trinajstić information content (AvgIpc) is 1.98. The summed E-state index contributed by atoms with van der Waals surface area (Å²) >= 11 is 0.